The molecule has 1 unspecified atom stereocenters. The molecule has 21 heavy (non-hydrogen) atoms. The maximum atomic E-state index is 12.3. The number of nitrogens with one attached hydrogen (secondary N) is 1. The average Bonchev–Trinajstić information content (AvgIpc) is 2.46. The first-order valence-corrected chi connectivity index (χ1v) is 7.38. The Morgan fingerprint density at radius 2 is 2.33 bits per heavy atom. The molecular formula is C16H24N2O3. The van der Waals surface area contributed by atoms with E-state index in [1.165, 1.54) is 5.56 Å². The number of methoxy groups -OCH3 is 1. The van der Waals surface area contributed by atoms with Gasteiger partial charge in [0.15, 0.2) is 0 Å². The molecule has 0 saturated heterocycles. The van der Waals surface area contributed by atoms with Gasteiger partial charge < -0.3 is 20.1 Å². The molecule has 0 fully saturated rings. The summed E-state index contributed by atoms with van der Waals surface area (Å²) in [5.41, 5.74) is 2.36. The standard InChI is InChI=1S/C16H24N2O3/c1-11(19)9-17-10-15(20)18-8-7-13-5-4-6-14(21-3)16(13)12(18)2/h4-6,11-12,17,19H,7-10H2,1-3H3/t11-,12?/m1/s1. The van der Waals surface area contributed by atoms with Crippen LogP contribution in [0.4, 0.5) is 0 Å². The van der Waals surface area contributed by atoms with Gasteiger partial charge in [-0.3, -0.25) is 4.79 Å². The van der Waals surface area contributed by atoms with E-state index in [1.54, 1.807) is 14.0 Å². The number of rotatable bonds is 5. The predicted molar refractivity (Wildman–Crippen MR) is 81.4 cm³/mol. The average molecular weight is 292 g/mol. The van der Waals surface area contributed by atoms with Gasteiger partial charge in [0, 0.05) is 18.7 Å². The van der Waals surface area contributed by atoms with Crippen molar-refractivity contribution in [1.82, 2.24) is 10.2 Å². The second-order valence-electron chi connectivity index (χ2n) is 5.53. The minimum absolute atomic E-state index is 0.00532. The molecule has 0 bridgehead atoms. The highest BCUT2D eigenvalue weighted by Crippen LogP contribution is 2.36. The van der Waals surface area contributed by atoms with Gasteiger partial charge in [0.2, 0.25) is 5.91 Å². The summed E-state index contributed by atoms with van der Waals surface area (Å²) in [5, 5.41) is 12.2. The number of hydrogen-bond donors (Lipinski definition) is 2. The molecule has 0 aromatic heterocycles. The van der Waals surface area contributed by atoms with E-state index in [9.17, 15) is 9.90 Å². The number of aliphatic hydroxyl groups excluding tert-OH is 1. The van der Waals surface area contributed by atoms with Crippen molar-refractivity contribution in [2.24, 2.45) is 0 Å². The van der Waals surface area contributed by atoms with Gasteiger partial charge in [-0.15, -0.1) is 0 Å². The SMILES string of the molecule is COc1cccc2c1C(C)N(C(=O)CNC[C@@H](C)O)CC2. The van der Waals surface area contributed by atoms with Gasteiger partial charge in [-0.25, -0.2) is 0 Å². The van der Waals surface area contributed by atoms with E-state index in [0.29, 0.717) is 6.54 Å². The first kappa shape index (κ1) is 15.8. The molecule has 1 aliphatic heterocycles. The number of amides is 1. The lowest BCUT2D eigenvalue weighted by Gasteiger charge is -2.36. The van der Waals surface area contributed by atoms with Crippen LogP contribution >= 0.6 is 0 Å². The Morgan fingerprint density at radius 1 is 1.57 bits per heavy atom. The molecule has 1 aliphatic rings. The molecule has 1 heterocycles. The van der Waals surface area contributed by atoms with Crippen LogP contribution in [0.25, 0.3) is 0 Å². The van der Waals surface area contributed by atoms with E-state index < -0.39 is 6.10 Å². The van der Waals surface area contributed by atoms with Crippen molar-refractivity contribution >= 4 is 5.91 Å². The van der Waals surface area contributed by atoms with Gasteiger partial charge in [-0.2, -0.15) is 0 Å². The first-order chi connectivity index (χ1) is 10.0. The van der Waals surface area contributed by atoms with Crippen LogP contribution in [-0.4, -0.2) is 48.8 Å². The fourth-order valence-electron chi connectivity index (χ4n) is 2.88. The molecule has 1 aromatic rings. The maximum absolute atomic E-state index is 12.3. The number of hydrogen-bond acceptors (Lipinski definition) is 4. The Labute approximate surface area is 125 Å². The molecule has 1 amide bonds. The summed E-state index contributed by atoms with van der Waals surface area (Å²) in [6.07, 6.45) is 0.399. The Hall–Kier alpha value is -1.59. The normalized spacial score (nSPS) is 19.0. The molecule has 0 aliphatic carbocycles. The van der Waals surface area contributed by atoms with Gasteiger partial charge >= 0.3 is 0 Å². The molecule has 2 rings (SSSR count). The monoisotopic (exact) mass is 292 g/mol. The van der Waals surface area contributed by atoms with Crippen molar-refractivity contribution in [2.45, 2.75) is 32.4 Å². The third kappa shape index (κ3) is 3.54. The predicted octanol–water partition coefficient (Wildman–Crippen LogP) is 1.11. The highest BCUT2D eigenvalue weighted by molar-refractivity contribution is 5.79. The van der Waals surface area contributed by atoms with Gasteiger partial charge in [0.25, 0.3) is 0 Å². The Balaban J connectivity index is 2.09. The molecule has 116 valence electrons. The quantitative estimate of drug-likeness (QED) is 0.853. The Kier molecular flexibility index (Phi) is 5.20. The Bertz CT molecular complexity index is 488. The lowest BCUT2D eigenvalue weighted by atomic mass is 9.92. The van der Waals surface area contributed by atoms with Crippen molar-refractivity contribution in [2.75, 3.05) is 26.7 Å². The summed E-state index contributed by atoms with van der Waals surface area (Å²) in [6.45, 7) is 5.12. The molecule has 5 nitrogen and oxygen atoms in total. The third-order valence-electron chi connectivity index (χ3n) is 3.92. The van der Waals surface area contributed by atoms with Crippen LogP contribution in [0.3, 0.4) is 0 Å². The number of nitrogens with zero attached hydrogens (tertiary/aromatic N) is 1. The minimum atomic E-state index is -0.447. The summed E-state index contributed by atoms with van der Waals surface area (Å²) in [6, 6.07) is 6.04. The van der Waals surface area contributed by atoms with Gasteiger partial charge in [0.1, 0.15) is 5.75 Å². The van der Waals surface area contributed by atoms with Crippen LogP contribution in [0.1, 0.15) is 31.0 Å². The van der Waals surface area contributed by atoms with Crippen molar-refractivity contribution < 1.29 is 14.6 Å². The summed E-state index contributed by atoms with van der Waals surface area (Å²) in [5.74, 6) is 0.897. The zero-order valence-electron chi connectivity index (χ0n) is 12.9. The fraction of sp³-hybridized carbons (Fsp3) is 0.562. The maximum Gasteiger partial charge on any atom is 0.237 e. The van der Waals surface area contributed by atoms with E-state index in [0.717, 1.165) is 24.3 Å². The molecule has 1 aromatic carbocycles. The second kappa shape index (κ2) is 6.91. The van der Waals surface area contributed by atoms with Gasteiger partial charge in [0.05, 0.1) is 25.8 Å². The first-order valence-electron chi connectivity index (χ1n) is 7.38. The van der Waals surface area contributed by atoms with Crippen molar-refractivity contribution in [1.29, 1.82) is 0 Å². The van der Waals surface area contributed by atoms with Crippen molar-refractivity contribution in [3.05, 3.63) is 29.3 Å². The number of ether oxygens (including phenoxy) is 1. The van der Waals surface area contributed by atoms with E-state index >= 15 is 0 Å². The van der Waals surface area contributed by atoms with Crippen LogP contribution < -0.4 is 10.1 Å². The lowest BCUT2D eigenvalue weighted by molar-refractivity contribution is -0.132. The summed E-state index contributed by atoms with van der Waals surface area (Å²) in [7, 11) is 1.66. The lowest BCUT2D eigenvalue weighted by Crippen LogP contribution is -2.44. The largest absolute Gasteiger partial charge is 0.496 e. The van der Waals surface area contributed by atoms with Gasteiger partial charge in [-0.1, -0.05) is 12.1 Å². The van der Waals surface area contributed by atoms with E-state index in [1.807, 2.05) is 24.0 Å². The molecule has 2 atom stereocenters. The van der Waals surface area contributed by atoms with E-state index in [-0.39, 0.29) is 18.5 Å². The summed E-state index contributed by atoms with van der Waals surface area (Å²) >= 11 is 0. The zero-order chi connectivity index (χ0) is 15.4. The molecule has 0 spiro atoms. The van der Waals surface area contributed by atoms with Crippen molar-refractivity contribution in [3.8, 4) is 5.75 Å². The smallest absolute Gasteiger partial charge is 0.237 e. The van der Waals surface area contributed by atoms with Crippen LogP contribution in [0.2, 0.25) is 0 Å². The van der Waals surface area contributed by atoms with Crippen molar-refractivity contribution in [3.63, 3.8) is 0 Å². The summed E-state index contributed by atoms with van der Waals surface area (Å²) < 4.78 is 5.44. The number of benzene rings is 1. The van der Waals surface area contributed by atoms with E-state index in [2.05, 4.69) is 11.4 Å². The zero-order valence-corrected chi connectivity index (χ0v) is 12.9. The molecular weight excluding hydrogens is 268 g/mol. The number of carbonyl (C=O) groups excluding carboxylic acids is 1. The molecule has 0 radical (unpaired) electrons. The summed E-state index contributed by atoms with van der Waals surface area (Å²) in [4.78, 5) is 14.2. The fourth-order valence-corrected chi connectivity index (χ4v) is 2.88. The third-order valence-corrected chi connectivity index (χ3v) is 3.92. The topological polar surface area (TPSA) is 61.8 Å². The molecule has 5 heteroatoms. The van der Waals surface area contributed by atoms with Crippen LogP contribution in [0.5, 0.6) is 5.75 Å². The number of fused-ring (bicyclic) bond motifs is 1. The van der Waals surface area contributed by atoms with E-state index in [4.69, 9.17) is 4.74 Å². The second-order valence-corrected chi connectivity index (χ2v) is 5.53. The number of aliphatic hydroxyl groups is 1. The van der Waals surface area contributed by atoms with Crippen LogP contribution in [0.15, 0.2) is 18.2 Å². The highest BCUT2D eigenvalue weighted by Gasteiger charge is 2.29. The van der Waals surface area contributed by atoms with Crippen LogP contribution in [-0.2, 0) is 11.2 Å². The molecule has 0 saturated carbocycles. The highest BCUT2D eigenvalue weighted by atomic mass is 16.5. The Morgan fingerprint density at radius 3 is 3.00 bits per heavy atom. The van der Waals surface area contributed by atoms with Gasteiger partial charge in [-0.05, 0) is 31.9 Å². The van der Waals surface area contributed by atoms with Crippen LogP contribution in [0, 0.1) is 0 Å². The minimum Gasteiger partial charge on any atom is -0.496 e. The number of carbonyl (C=O) groups is 1. The molecule has 2 N–H and O–H groups in total.